The van der Waals surface area contributed by atoms with Gasteiger partial charge in [0.05, 0.1) is 4.92 Å². The molecule has 0 atom stereocenters. The highest BCUT2D eigenvalue weighted by atomic mass is 16.6. The van der Waals surface area contributed by atoms with Crippen LogP contribution in [-0.4, -0.2) is 23.9 Å². The van der Waals surface area contributed by atoms with Gasteiger partial charge in [0.2, 0.25) is 5.91 Å². The summed E-state index contributed by atoms with van der Waals surface area (Å²) in [4.78, 5) is 21.8. The van der Waals surface area contributed by atoms with Crippen LogP contribution in [0.25, 0.3) is 0 Å². The number of carbonyl (C=O) groups is 1. The molecule has 0 aliphatic heterocycles. The van der Waals surface area contributed by atoms with E-state index in [0.29, 0.717) is 18.5 Å². The zero-order chi connectivity index (χ0) is 13.4. The van der Waals surface area contributed by atoms with E-state index in [0.717, 1.165) is 6.54 Å². The molecule has 0 unspecified atom stereocenters. The van der Waals surface area contributed by atoms with Crippen LogP contribution in [0, 0.1) is 10.1 Å². The standard InChI is InChI=1S/C12H17N3O3/c1-2-13-8-7-12(16)14-9-10-5-3-4-6-11(10)15(17)18/h3-6,13H,2,7-9H2,1H3,(H,14,16). The summed E-state index contributed by atoms with van der Waals surface area (Å²) in [7, 11) is 0. The molecule has 1 aromatic carbocycles. The number of hydrogen-bond acceptors (Lipinski definition) is 4. The number of hydrogen-bond donors (Lipinski definition) is 2. The van der Waals surface area contributed by atoms with Crippen molar-refractivity contribution in [1.82, 2.24) is 10.6 Å². The molecular weight excluding hydrogens is 234 g/mol. The predicted molar refractivity (Wildman–Crippen MR) is 68.1 cm³/mol. The highest BCUT2D eigenvalue weighted by Crippen LogP contribution is 2.16. The molecule has 0 heterocycles. The van der Waals surface area contributed by atoms with Crippen LogP contribution in [-0.2, 0) is 11.3 Å². The molecule has 98 valence electrons. The van der Waals surface area contributed by atoms with Gasteiger partial charge in [0.1, 0.15) is 0 Å². The Balaban J connectivity index is 2.48. The summed E-state index contributed by atoms with van der Waals surface area (Å²) < 4.78 is 0. The lowest BCUT2D eigenvalue weighted by Crippen LogP contribution is -2.27. The first kappa shape index (κ1) is 14.1. The van der Waals surface area contributed by atoms with E-state index in [2.05, 4.69) is 10.6 Å². The van der Waals surface area contributed by atoms with E-state index in [1.165, 1.54) is 6.07 Å². The van der Waals surface area contributed by atoms with E-state index in [4.69, 9.17) is 0 Å². The number of rotatable bonds is 7. The summed E-state index contributed by atoms with van der Waals surface area (Å²) >= 11 is 0. The average Bonchev–Trinajstić information content (AvgIpc) is 2.37. The maximum atomic E-state index is 11.5. The van der Waals surface area contributed by atoms with Gasteiger partial charge in [-0.25, -0.2) is 0 Å². The van der Waals surface area contributed by atoms with Crippen LogP contribution in [0.15, 0.2) is 24.3 Å². The lowest BCUT2D eigenvalue weighted by molar-refractivity contribution is -0.385. The smallest absolute Gasteiger partial charge is 0.274 e. The van der Waals surface area contributed by atoms with Gasteiger partial charge in [-0.2, -0.15) is 0 Å². The molecule has 0 radical (unpaired) electrons. The molecule has 0 aliphatic carbocycles. The van der Waals surface area contributed by atoms with Gasteiger partial charge in [-0.1, -0.05) is 25.1 Å². The summed E-state index contributed by atoms with van der Waals surface area (Å²) in [5, 5.41) is 16.5. The van der Waals surface area contributed by atoms with Crippen LogP contribution in [0.1, 0.15) is 18.9 Å². The minimum atomic E-state index is -0.444. The summed E-state index contributed by atoms with van der Waals surface area (Å²) in [6.45, 7) is 3.57. The van der Waals surface area contributed by atoms with Crippen LogP contribution in [0.5, 0.6) is 0 Å². The number of para-hydroxylation sites is 1. The van der Waals surface area contributed by atoms with Crippen molar-refractivity contribution < 1.29 is 9.72 Å². The van der Waals surface area contributed by atoms with Crippen molar-refractivity contribution in [2.75, 3.05) is 13.1 Å². The maximum absolute atomic E-state index is 11.5. The van der Waals surface area contributed by atoms with Gasteiger partial charge in [0.15, 0.2) is 0 Å². The molecule has 1 aromatic rings. The Bertz CT molecular complexity index is 421. The van der Waals surface area contributed by atoms with E-state index in [1.807, 2.05) is 6.92 Å². The van der Waals surface area contributed by atoms with E-state index < -0.39 is 4.92 Å². The maximum Gasteiger partial charge on any atom is 0.274 e. The first-order chi connectivity index (χ1) is 8.65. The molecule has 6 nitrogen and oxygen atoms in total. The highest BCUT2D eigenvalue weighted by molar-refractivity contribution is 5.76. The fourth-order valence-electron chi connectivity index (χ4n) is 1.50. The number of nitrogens with one attached hydrogen (secondary N) is 2. The second kappa shape index (κ2) is 7.39. The van der Waals surface area contributed by atoms with Gasteiger partial charge in [-0.05, 0) is 6.54 Å². The quantitative estimate of drug-likeness (QED) is 0.433. The number of carbonyl (C=O) groups excluding carboxylic acids is 1. The molecular formula is C12H17N3O3. The van der Waals surface area contributed by atoms with E-state index in [9.17, 15) is 14.9 Å². The molecule has 2 N–H and O–H groups in total. The van der Waals surface area contributed by atoms with Crippen LogP contribution >= 0.6 is 0 Å². The Kier molecular flexibility index (Phi) is 5.79. The second-order valence-corrected chi connectivity index (χ2v) is 3.77. The molecule has 0 bridgehead atoms. The highest BCUT2D eigenvalue weighted by Gasteiger charge is 2.12. The molecule has 0 aliphatic rings. The predicted octanol–water partition coefficient (Wildman–Crippen LogP) is 1.21. The van der Waals surface area contributed by atoms with E-state index in [1.54, 1.807) is 18.2 Å². The fraction of sp³-hybridized carbons (Fsp3) is 0.417. The van der Waals surface area contributed by atoms with Crippen molar-refractivity contribution in [3.63, 3.8) is 0 Å². The molecule has 0 saturated carbocycles. The van der Waals surface area contributed by atoms with Crippen molar-refractivity contribution in [2.24, 2.45) is 0 Å². The third-order valence-corrected chi connectivity index (χ3v) is 2.44. The van der Waals surface area contributed by atoms with Crippen LogP contribution in [0.3, 0.4) is 0 Å². The largest absolute Gasteiger partial charge is 0.352 e. The zero-order valence-electron chi connectivity index (χ0n) is 10.3. The molecule has 0 fully saturated rings. The van der Waals surface area contributed by atoms with Gasteiger partial charge < -0.3 is 10.6 Å². The number of amides is 1. The summed E-state index contributed by atoms with van der Waals surface area (Å²) in [6, 6.07) is 6.39. The molecule has 1 rings (SSSR count). The molecule has 0 saturated heterocycles. The van der Waals surface area contributed by atoms with Crippen molar-refractivity contribution in [2.45, 2.75) is 19.9 Å². The minimum absolute atomic E-state index is 0.0319. The summed E-state index contributed by atoms with van der Waals surface area (Å²) in [5.74, 6) is -0.117. The van der Waals surface area contributed by atoms with Crippen LogP contribution in [0.4, 0.5) is 5.69 Å². The topological polar surface area (TPSA) is 84.3 Å². The minimum Gasteiger partial charge on any atom is -0.352 e. The van der Waals surface area contributed by atoms with E-state index in [-0.39, 0.29) is 18.1 Å². The number of nitrogens with zero attached hydrogens (tertiary/aromatic N) is 1. The number of nitro groups is 1. The molecule has 1 amide bonds. The normalized spacial score (nSPS) is 10.1. The van der Waals surface area contributed by atoms with Crippen LogP contribution in [0.2, 0.25) is 0 Å². The summed E-state index contributed by atoms with van der Waals surface area (Å²) in [5.41, 5.74) is 0.545. The Hall–Kier alpha value is -1.95. The molecule has 0 spiro atoms. The monoisotopic (exact) mass is 251 g/mol. The van der Waals surface area contributed by atoms with Crippen molar-refractivity contribution >= 4 is 11.6 Å². The number of benzene rings is 1. The first-order valence-electron chi connectivity index (χ1n) is 5.85. The van der Waals surface area contributed by atoms with Crippen LogP contribution < -0.4 is 10.6 Å². The third-order valence-electron chi connectivity index (χ3n) is 2.44. The lowest BCUT2D eigenvalue weighted by Gasteiger charge is -2.06. The Morgan fingerprint density at radius 1 is 1.39 bits per heavy atom. The van der Waals surface area contributed by atoms with Crippen molar-refractivity contribution in [3.8, 4) is 0 Å². The Morgan fingerprint density at radius 3 is 2.78 bits per heavy atom. The van der Waals surface area contributed by atoms with E-state index >= 15 is 0 Å². The SMILES string of the molecule is CCNCCC(=O)NCc1ccccc1[N+](=O)[O-]. The van der Waals surface area contributed by atoms with Gasteiger partial charge in [-0.15, -0.1) is 0 Å². The lowest BCUT2D eigenvalue weighted by atomic mass is 10.2. The zero-order valence-corrected chi connectivity index (χ0v) is 10.3. The average molecular weight is 251 g/mol. The van der Waals surface area contributed by atoms with Gasteiger partial charge in [0, 0.05) is 31.1 Å². The van der Waals surface area contributed by atoms with Gasteiger partial charge in [-0.3, -0.25) is 14.9 Å². The Labute approximate surface area is 106 Å². The third kappa shape index (κ3) is 4.50. The van der Waals surface area contributed by atoms with Gasteiger partial charge >= 0.3 is 0 Å². The van der Waals surface area contributed by atoms with Gasteiger partial charge in [0.25, 0.3) is 5.69 Å². The van der Waals surface area contributed by atoms with Crippen molar-refractivity contribution in [1.29, 1.82) is 0 Å². The Morgan fingerprint density at radius 2 is 2.11 bits per heavy atom. The molecule has 18 heavy (non-hydrogen) atoms. The summed E-state index contributed by atoms with van der Waals surface area (Å²) in [6.07, 6.45) is 0.370. The first-order valence-corrected chi connectivity index (χ1v) is 5.85. The van der Waals surface area contributed by atoms with Crippen molar-refractivity contribution in [3.05, 3.63) is 39.9 Å². The number of nitro benzene ring substituents is 1. The fourth-order valence-corrected chi connectivity index (χ4v) is 1.50. The molecule has 6 heteroatoms. The molecule has 0 aromatic heterocycles. The second-order valence-electron chi connectivity index (χ2n) is 3.77.